The predicted octanol–water partition coefficient (Wildman–Crippen LogP) is 2.19. The molecule has 2 rings (SSSR count). The van der Waals surface area contributed by atoms with Gasteiger partial charge in [-0.25, -0.2) is 4.98 Å². The smallest absolute Gasteiger partial charge is 0.0949 e. The Balaban J connectivity index is 2.18. The van der Waals surface area contributed by atoms with E-state index in [1.807, 2.05) is 13.4 Å². The first-order valence-corrected chi connectivity index (χ1v) is 5.97. The Kier molecular flexibility index (Phi) is 3.41. The van der Waals surface area contributed by atoms with Crippen LogP contribution in [0.3, 0.4) is 0 Å². The quantitative estimate of drug-likeness (QED) is 0.823. The largest absolute Gasteiger partial charge is 0.336 e. The molecule has 1 heterocycles. The summed E-state index contributed by atoms with van der Waals surface area (Å²) in [6.45, 7) is 0.933. The Morgan fingerprint density at radius 3 is 2.80 bits per heavy atom. The van der Waals surface area contributed by atoms with Crippen LogP contribution in [-0.2, 0) is 13.6 Å². The first-order chi connectivity index (χ1) is 7.33. The molecule has 3 heteroatoms. The molecule has 1 aromatic rings. The highest BCUT2D eigenvalue weighted by molar-refractivity contribution is 5.18. The third-order valence-corrected chi connectivity index (χ3v) is 3.43. The fourth-order valence-electron chi connectivity index (χ4n) is 2.57. The van der Waals surface area contributed by atoms with Crippen LogP contribution in [0.1, 0.15) is 49.4 Å². The summed E-state index contributed by atoms with van der Waals surface area (Å²) in [5, 5.41) is 3.23. The fourth-order valence-corrected chi connectivity index (χ4v) is 2.57. The number of aromatic nitrogens is 2. The lowest BCUT2D eigenvalue weighted by Gasteiger charge is -2.21. The van der Waals surface area contributed by atoms with E-state index in [0.717, 1.165) is 6.54 Å². The van der Waals surface area contributed by atoms with E-state index in [2.05, 4.69) is 21.9 Å². The van der Waals surface area contributed by atoms with E-state index in [0.29, 0.717) is 5.92 Å². The lowest BCUT2D eigenvalue weighted by Crippen LogP contribution is -2.14. The van der Waals surface area contributed by atoms with Crippen LogP contribution in [-0.4, -0.2) is 16.6 Å². The van der Waals surface area contributed by atoms with Crippen LogP contribution in [0.5, 0.6) is 0 Å². The van der Waals surface area contributed by atoms with Gasteiger partial charge >= 0.3 is 0 Å². The second kappa shape index (κ2) is 4.79. The summed E-state index contributed by atoms with van der Waals surface area (Å²) in [6.07, 6.45) is 8.77. The molecular weight excluding hydrogens is 186 g/mol. The van der Waals surface area contributed by atoms with Crippen molar-refractivity contribution in [2.75, 3.05) is 7.05 Å². The lowest BCUT2D eigenvalue weighted by atomic mass is 9.86. The Labute approximate surface area is 91.9 Å². The van der Waals surface area contributed by atoms with Crippen molar-refractivity contribution in [3.05, 3.63) is 17.7 Å². The van der Waals surface area contributed by atoms with Crippen LogP contribution in [0.4, 0.5) is 0 Å². The monoisotopic (exact) mass is 207 g/mol. The standard InChI is InChI=1S/C12H21N3/c1-13-8-11-12(14-9-15(11)2)10-6-4-3-5-7-10/h9-10,13H,3-8H2,1-2H3. The maximum Gasteiger partial charge on any atom is 0.0949 e. The van der Waals surface area contributed by atoms with Crippen molar-refractivity contribution in [2.45, 2.75) is 44.6 Å². The predicted molar refractivity (Wildman–Crippen MR) is 61.8 cm³/mol. The summed E-state index contributed by atoms with van der Waals surface area (Å²) >= 11 is 0. The number of nitrogens with one attached hydrogen (secondary N) is 1. The molecule has 0 atom stereocenters. The molecule has 1 fully saturated rings. The zero-order chi connectivity index (χ0) is 10.7. The van der Waals surface area contributed by atoms with Gasteiger partial charge in [0.15, 0.2) is 0 Å². The summed E-state index contributed by atoms with van der Waals surface area (Å²) in [7, 11) is 4.09. The van der Waals surface area contributed by atoms with Crippen molar-refractivity contribution in [3.63, 3.8) is 0 Å². The minimum atomic E-state index is 0.711. The van der Waals surface area contributed by atoms with Crippen LogP contribution in [0.2, 0.25) is 0 Å². The Hall–Kier alpha value is -0.830. The molecule has 15 heavy (non-hydrogen) atoms. The van der Waals surface area contributed by atoms with Gasteiger partial charge in [0.1, 0.15) is 0 Å². The van der Waals surface area contributed by atoms with Gasteiger partial charge in [0.05, 0.1) is 17.7 Å². The first kappa shape index (κ1) is 10.7. The molecule has 0 unspecified atom stereocenters. The normalized spacial score (nSPS) is 18.3. The molecule has 1 N–H and O–H groups in total. The molecular formula is C12H21N3. The van der Waals surface area contributed by atoms with E-state index in [4.69, 9.17) is 0 Å². The van der Waals surface area contributed by atoms with Crippen molar-refractivity contribution >= 4 is 0 Å². The Morgan fingerprint density at radius 2 is 2.13 bits per heavy atom. The van der Waals surface area contributed by atoms with Crippen LogP contribution in [0.15, 0.2) is 6.33 Å². The molecule has 0 radical (unpaired) electrons. The maximum absolute atomic E-state index is 4.58. The van der Waals surface area contributed by atoms with Crippen molar-refractivity contribution < 1.29 is 0 Å². The Bertz CT molecular complexity index is 311. The van der Waals surface area contributed by atoms with Crippen molar-refractivity contribution in [1.82, 2.24) is 14.9 Å². The number of nitrogens with zero attached hydrogens (tertiary/aromatic N) is 2. The summed E-state index contributed by atoms with van der Waals surface area (Å²) in [4.78, 5) is 4.58. The SMILES string of the molecule is CNCc1c(C2CCCCC2)ncn1C. The molecule has 0 saturated heterocycles. The topological polar surface area (TPSA) is 29.9 Å². The minimum absolute atomic E-state index is 0.711. The van der Waals surface area contributed by atoms with Crippen molar-refractivity contribution in [3.8, 4) is 0 Å². The molecule has 3 nitrogen and oxygen atoms in total. The van der Waals surface area contributed by atoms with Crippen LogP contribution < -0.4 is 5.32 Å². The van der Waals surface area contributed by atoms with Gasteiger partial charge in [-0.2, -0.15) is 0 Å². The molecule has 0 aliphatic heterocycles. The second-order valence-electron chi connectivity index (χ2n) is 4.55. The summed E-state index contributed by atoms with van der Waals surface area (Å²) in [6, 6.07) is 0. The van der Waals surface area contributed by atoms with Gasteiger partial charge in [-0.3, -0.25) is 0 Å². The lowest BCUT2D eigenvalue weighted by molar-refractivity contribution is 0.434. The van der Waals surface area contributed by atoms with Gasteiger partial charge in [-0.05, 0) is 19.9 Å². The van der Waals surface area contributed by atoms with Crippen molar-refractivity contribution in [1.29, 1.82) is 0 Å². The number of hydrogen-bond donors (Lipinski definition) is 1. The molecule has 1 aliphatic rings. The van der Waals surface area contributed by atoms with Gasteiger partial charge in [-0.1, -0.05) is 19.3 Å². The molecule has 0 spiro atoms. The van der Waals surface area contributed by atoms with Crippen molar-refractivity contribution in [2.24, 2.45) is 7.05 Å². The van der Waals surface area contributed by atoms with Gasteiger partial charge in [0.2, 0.25) is 0 Å². The summed E-state index contributed by atoms with van der Waals surface area (Å²) in [5.74, 6) is 0.711. The van der Waals surface area contributed by atoms with E-state index in [9.17, 15) is 0 Å². The molecule has 1 aliphatic carbocycles. The third kappa shape index (κ3) is 2.23. The third-order valence-electron chi connectivity index (χ3n) is 3.43. The first-order valence-electron chi connectivity index (χ1n) is 5.97. The van der Waals surface area contributed by atoms with E-state index < -0.39 is 0 Å². The average Bonchev–Trinajstić information content (AvgIpc) is 2.63. The summed E-state index contributed by atoms with van der Waals surface area (Å²) in [5.41, 5.74) is 2.70. The Morgan fingerprint density at radius 1 is 1.40 bits per heavy atom. The second-order valence-corrected chi connectivity index (χ2v) is 4.55. The molecule has 84 valence electrons. The van der Waals surface area contributed by atoms with Gasteiger partial charge in [-0.15, -0.1) is 0 Å². The van der Waals surface area contributed by atoms with Gasteiger partial charge in [0.25, 0.3) is 0 Å². The fraction of sp³-hybridized carbons (Fsp3) is 0.750. The number of imidazole rings is 1. The zero-order valence-electron chi connectivity index (χ0n) is 9.79. The number of hydrogen-bond acceptors (Lipinski definition) is 2. The molecule has 0 amide bonds. The zero-order valence-corrected chi connectivity index (χ0v) is 9.79. The van der Waals surface area contributed by atoms with Gasteiger partial charge < -0.3 is 9.88 Å². The minimum Gasteiger partial charge on any atom is -0.336 e. The molecule has 0 aromatic carbocycles. The van der Waals surface area contributed by atoms with E-state index in [1.54, 1.807) is 0 Å². The highest BCUT2D eigenvalue weighted by Gasteiger charge is 2.21. The maximum atomic E-state index is 4.58. The molecule has 1 aromatic heterocycles. The van der Waals surface area contributed by atoms with E-state index in [1.165, 1.54) is 43.5 Å². The summed E-state index contributed by atoms with van der Waals surface area (Å²) < 4.78 is 2.15. The van der Waals surface area contributed by atoms with E-state index >= 15 is 0 Å². The van der Waals surface area contributed by atoms with E-state index in [-0.39, 0.29) is 0 Å². The molecule has 1 saturated carbocycles. The molecule has 0 bridgehead atoms. The van der Waals surface area contributed by atoms with Crippen LogP contribution in [0, 0.1) is 0 Å². The van der Waals surface area contributed by atoms with Gasteiger partial charge in [0, 0.05) is 19.5 Å². The average molecular weight is 207 g/mol. The number of aryl methyl sites for hydroxylation is 1. The highest BCUT2D eigenvalue weighted by atomic mass is 15.1. The van der Waals surface area contributed by atoms with Crippen LogP contribution >= 0.6 is 0 Å². The highest BCUT2D eigenvalue weighted by Crippen LogP contribution is 2.33. The number of rotatable bonds is 3. The van der Waals surface area contributed by atoms with Crippen LogP contribution in [0.25, 0.3) is 0 Å².